The third-order valence-electron chi connectivity index (χ3n) is 3.85. The highest BCUT2D eigenvalue weighted by molar-refractivity contribution is 6.31. The standard InChI is InChI=1S/C12H15ClN4O/c1-7-12(2,3-4-18-7)17-10-9(16-11(17)14)5-8(13)6-15-10/h5-7H,3-4H2,1-2H3,(H2,14,16). The summed E-state index contributed by atoms with van der Waals surface area (Å²) in [5.41, 5.74) is 7.32. The maximum Gasteiger partial charge on any atom is 0.203 e. The number of hydrogen-bond donors (Lipinski definition) is 1. The molecule has 1 aliphatic rings. The Balaban J connectivity index is 2.25. The molecule has 18 heavy (non-hydrogen) atoms. The van der Waals surface area contributed by atoms with Crippen molar-refractivity contribution >= 4 is 28.7 Å². The lowest BCUT2D eigenvalue weighted by atomic mass is 9.94. The van der Waals surface area contributed by atoms with Gasteiger partial charge in [0.1, 0.15) is 5.52 Å². The van der Waals surface area contributed by atoms with Crippen LogP contribution in [0.5, 0.6) is 0 Å². The number of anilines is 1. The second kappa shape index (κ2) is 3.83. The average molecular weight is 267 g/mol. The molecule has 0 aromatic carbocycles. The molecule has 0 aliphatic carbocycles. The summed E-state index contributed by atoms with van der Waals surface area (Å²) < 4.78 is 7.63. The first kappa shape index (κ1) is 11.7. The van der Waals surface area contributed by atoms with Gasteiger partial charge in [0.25, 0.3) is 0 Å². The highest BCUT2D eigenvalue weighted by Crippen LogP contribution is 2.37. The van der Waals surface area contributed by atoms with Gasteiger partial charge in [0.2, 0.25) is 5.95 Å². The molecule has 1 fully saturated rings. The Kier molecular flexibility index (Phi) is 2.50. The van der Waals surface area contributed by atoms with Crippen molar-refractivity contribution in [1.82, 2.24) is 14.5 Å². The molecular formula is C12H15ClN4O. The van der Waals surface area contributed by atoms with Crippen LogP contribution in [0.1, 0.15) is 20.3 Å². The van der Waals surface area contributed by atoms with Crippen LogP contribution in [0.3, 0.4) is 0 Å². The summed E-state index contributed by atoms with van der Waals surface area (Å²) in [5, 5.41) is 0.563. The van der Waals surface area contributed by atoms with Gasteiger partial charge in [-0.1, -0.05) is 11.6 Å². The molecule has 0 bridgehead atoms. The predicted octanol–water partition coefficient (Wildman–Crippen LogP) is 2.19. The maximum atomic E-state index is 6.04. The van der Waals surface area contributed by atoms with Crippen molar-refractivity contribution in [3.63, 3.8) is 0 Å². The summed E-state index contributed by atoms with van der Waals surface area (Å²) in [7, 11) is 0. The minimum Gasteiger partial charge on any atom is -0.376 e. The van der Waals surface area contributed by atoms with Gasteiger partial charge in [-0.2, -0.15) is 0 Å². The minimum absolute atomic E-state index is 0.0784. The number of pyridine rings is 1. The van der Waals surface area contributed by atoms with Crippen molar-refractivity contribution in [2.45, 2.75) is 31.9 Å². The van der Waals surface area contributed by atoms with Gasteiger partial charge >= 0.3 is 0 Å². The molecule has 2 unspecified atom stereocenters. The highest BCUT2D eigenvalue weighted by Gasteiger charge is 2.41. The normalized spacial score (nSPS) is 28.1. The molecule has 2 aromatic rings. The van der Waals surface area contributed by atoms with E-state index in [1.807, 2.05) is 11.5 Å². The summed E-state index contributed by atoms with van der Waals surface area (Å²) >= 11 is 5.93. The van der Waals surface area contributed by atoms with Crippen LogP contribution in [0.25, 0.3) is 11.2 Å². The van der Waals surface area contributed by atoms with Gasteiger partial charge in [0.05, 0.1) is 16.7 Å². The van der Waals surface area contributed by atoms with Crippen molar-refractivity contribution in [2.24, 2.45) is 0 Å². The molecule has 0 saturated carbocycles. The second-order valence-electron chi connectivity index (χ2n) is 4.92. The van der Waals surface area contributed by atoms with E-state index in [1.54, 1.807) is 12.3 Å². The van der Waals surface area contributed by atoms with E-state index in [1.165, 1.54) is 0 Å². The van der Waals surface area contributed by atoms with Crippen LogP contribution in [0.15, 0.2) is 12.3 Å². The summed E-state index contributed by atoms with van der Waals surface area (Å²) in [6.45, 7) is 4.90. The monoisotopic (exact) mass is 266 g/mol. The van der Waals surface area contributed by atoms with E-state index in [0.717, 1.165) is 24.2 Å². The van der Waals surface area contributed by atoms with Crippen LogP contribution in [-0.2, 0) is 10.3 Å². The van der Waals surface area contributed by atoms with E-state index >= 15 is 0 Å². The molecule has 5 nitrogen and oxygen atoms in total. The number of nitrogens with two attached hydrogens (primary N) is 1. The Morgan fingerprint density at radius 1 is 1.61 bits per heavy atom. The molecule has 0 amide bonds. The first-order valence-electron chi connectivity index (χ1n) is 5.94. The minimum atomic E-state index is -0.209. The second-order valence-corrected chi connectivity index (χ2v) is 5.36. The Morgan fingerprint density at radius 2 is 2.39 bits per heavy atom. The zero-order valence-electron chi connectivity index (χ0n) is 10.4. The largest absolute Gasteiger partial charge is 0.376 e. The van der Waals surface area contributed by atoms with Crippen molar-refractivity contribution in [2.75, 3.05) is 12.3 Å². The van der Waals surface area contributed by atoms with Crippen LogP contribution in [0.2, 0.25) is 5.02 Å². The number of imidazole rings is 1. The predicted molar refractivity (Wildman–Crippen MR) is 70.6 cm³/mol. The number of halogens is 1. The number of aromatic nitrogens is 3. The van der Waals surface area contributed by atoms with Gasteiger partial charge in [-0.15, -0.1) is 0 Å². The van der Waals surface area contributed by atoms with E-state index in [0.29, 0.717) is 11.0 Å². The molecule has 2 N–H and O–H groups in total. The summed E-state index contributed by atoms with van der Waals surface area (Å²) in [6, 6.07) is 1.78. The fraction of sp³-hybridized carbons (Fsp3) is 0.500. The van der Waals surface area contributed by atoms with E-state index in [9.17, 15) is 0 Å². The third-order valence-corrected chi connectivity index (χ3v) is 4.06. The van der Waals surface area contributed by atoms with Crippen molar-refractivity contribution in [3.8, 4) is 0 Å². The molecule has 0 spiro atoms. The quantitative estimate of drug-likeness (QED) is 0.859. The van der Waals surface area contributed by atoms with E-state index in [4.69, 9.17) is 22.1 Å². The molecule has 2 atom stereocenters. The Morgan fingerprint density at radius 3 is 3.06 bits per heavy atom. The lowest BCUT2D eigenvalue weighted by Crippen LogP contribution is -2.37. The van der Waals surface area contributed by atoms with Gasteiger partial charge in [-0.05, 0) is 26.3 Å². The van der Waals surface area contributed by atoms with Gasteiger partial charge in [-0.3, -0.25) is 4.57 Å². The number of fused-ring (bicyclic) bond motifs is 1. The van der Waals surface area contributed by atoms with Crippen molar-refractivity contribution < 1.29 is 4.74 Å². The lowest BCUT2D eigenvalue weighted by Gasteiger charge is -2.30. The van der Waals surface area contributed by atoms with Crippen molar-refractivity contribution in [1.29, 1.82) is 0 Å². The average Bonchev–Trinajstić information content (AvgIpc) is 2.79. The van der Waals surface area contributed by atoms with Gasteiger partial charge in [0.15, 0.2) is 5.65 Å². The summed E-state index contributed by atoms with van der Waals surface area (Å²) in [5.74, 6) is 0.458. The van der Waals surface area contributed by atoms with Crippen LogP contribution in [-0.4, -0.2) is 27.2 Å². The number of nitrogen functional groups attached to an aromatic ring is 1. The zero-order valence-corrected chi connectivity index (χ0v) is 11.1. The van der Waals surface area contributed by atoms with Crippen LogP contribution in [0.4, 0.5) is 5.95 Å². The third kappa shape index (κ3) is 1.51. The van der Waals surface area contributed by atoms with Crippen LogP contribution >= 0.6 is 11.6 Å². The zero-order chi connectivity index (χ0) is 12.9. The fourth-order valence-electron chi connectivity index (χ4n) is 2.58. The Labute approximate surface area is 110 Å². The molecule has 6 heteroatoms. The van der Waals surface area contributed by atoms with E-state index in [2.05, 4.69) is 16.9 Å². The number of hydrogen-bond acceptors (Lipinski definition) is 4. The molecule has 0 radical (unpaired) electrons. The van der Waals surface area contributed by atoms with Crippen LogP contribution < -0.4 is 5.73 Å². The summed E-state index contributed by atoms with van der Waals surface area (Å²) in [4.78, 5) is 8.70. The van der Waals surface area contributed by atoms with Gasteiger partial charge in [0, 0.05) is 12.8 Å². The Bertz CT molecular complexity index is 611. The van der Waals surface area contributed by atoms with Crippen molar-refractivity contribution in [3.05, 3.63) is 17.3 Å². The number of nitrogens with zero attached hydrogens (tertiary/aromatic N) is 3. The molecule has 96 valence electrons. The smallest absolute Gasteiger partial charge is 0.203 e. The fourth-order valence-corrected chi connectivity index (χ4v) is 2.73. The topological polar surface area (TPSA) is 66.0 Å². The summed E-state index contributed by atoms with van der Waals surface area (Å²) in [6.07, 6.45) is 2.59. The number of ether oxygens (including phenoxy) is 1. The van der Waals surface area contributed by atoms with Gasteiger partial charge in [-0.25, -0.2) is 9.97 Å². The SMILES string of the molecule is CC1OCCC1(C)n1c(N)nc2cc(Cl)cnc21. The molecule has 2 aromatic heterocycles. The Hall–Kier alpha value is -1.33. The van der Waals surface area contributed by atoms with Gasteiger partial charge < -0.3 is 10.5 Å². The van der Waals surface area contributed by atoms with E-state index in [-0.39, 0.29) is 11.6 Å². The van der Waals surface area contributed by atoms with E-state index < -0.39 is 0 Å². The molecular weight excluding hydrogens is 252 g/mol. The number of rotatable bonds is 1. The molecule has 3 heterocycles. The first-order chi connectivity index (χ1) is 8.52. The maximum absolute atomic E-state index is 6.04. The molecule has 1 aliphatic heterocycles. The lowest BCUT2D eigenvalue weighted by molar-refractivity contribution is 0.0781. The first-order valence-corrected chi connectivity index (χ1v) is 6.32. The molecule has 1 saturated heterocycles. The molecule has 3 rings (SSSR count). The highest BCUT2D eigenvalue weighted by atomic mass is 35.5. The van der Waals surface area contributed by atoms with Crippen LogP contribution in [0, 0.1) is 0 Å².